The number of benzene rings is 2. The van der Waals surface area contributed by atoms with Crippen LogP contribution < -0.4 is 0 Å². The lowest BCUT2D eigenvalue weighted by molar-refractivity contribution is -0.139. The largest absolute Gasteiger partial charge is 0.452 e. The lowest BCUT2D eigenvalue weighted by Crippen LogP contribution is -2.00. The van der Waals surface area contributed by atoms with Crippen LogP contribution >= 0.6 is 23.2 Å². The summed E-state index contributed by atoms with van der Waals surface area (Å²) in [6.07, 6.45) is 2.95. The molecule has 0 unspecified atom stereocenters. The van der Waals surface area contributed by atoms with Crippen LogP contribution in [0.3, 0.4) is 0 Å². The van der Waals surface area contributed by atoms with E-state index in [1.54, 1.807) is 54.6 Å². The molecule has 0 aliphatic heterocycles. The van der Waals surface area contributed by atoms with Gasteiger partial charge in [0.15, 0.2) is 6.61 Å². The fraction of sp³-hybridized carbons (Fsp3) is 0.0556. The molecule has 0 amide bonds. The molecule has 25 heavy (non-hydrogen) atoms. The predicted molar refractivity (Wildman–Crippen MR) is 95.0 cm³/mol. The second kappa shape index (κ2) is 7.96. The highest BCUT2D eigenvalue weighted by molar-refractivity contribution is 6.30. The smallest absolute Gasteiger partial charge is 0.331 e. The van der Waals surface area contributed by atoms with Gasteiger partial charge in [-0.15, -0.1) is 10.2 Å². The number of hydrogen-bond acceptors (Lipinski definition) is 5. The van der Waals surface area contributed by atoms with Gasteiger partial charge in [-0.2, -0.15) is 0 Å². The lowest BCUT2D eigenvalue weighted by atomic mass is 10.2. The van der Waals surface area contributed by atoms with Crippen molar-refractivity contribution >= 4 is 35.2 Å². The molecule has 0 saturated carbocycles. The molecule has 3 aromatic rings. The Morgan fingerprint density at radius 1 is 1.00 bits per heavy atom. The fourth-order valence-electron chi connectivity index (χ4n) is 1.94. The number of carbonyl (C=O) groups is 1. The summed E-state index contributed by atoms with van der Waals surface area (Å²) in [5.74, 6) is 0.0267. The van der Waals surface area contributed by atoms with Crippen molar-refractivity contribution in [2.24, 2.45) is 0 Å². The van der Waals surface area contributed by atoms with Gasteiger partial charge in [0.2, 0.25) is 5.89 Å². The van der Waals surface area contributed by atoms with Crippen molar-refractivity contribution in [3.8, 4) is 11.5 Å². The van der Waals surface area contributed by atoms with E-state index in [0.717, 1.165) is 11.1 Å². The Kier molecular flexibility index (Phi) is 5.48. The van der Waals surface area contributed by atoms with Crippen LogP contribution in [0, 0.1) is 0 Å². The van der Waals surface area contributed by atoms with Gasteiger partial charge in [0.05, 0.1) is 0 Å². The van der Waals surface area contributed by atoms with Crippen LogP contribution in [0.1, 0.15) is 11.5 Å². The van der Waals surface area contributed by atoms with E-state index in [0.29, 0.717) is 15.9 Å². The lowest BCUT2D eigenvalue weighted by Gasteiger charge is -1.98. The molecule has 0 radical (unpaired) electrons. The molecule has 0 spiro atoms. The monoisotopic (exact) mass is 374 g/mol. The molecule has 0 aliphatic carbocycles. The molecule has 0 fully saturated rings. The van der Waals surface area contributed by atoms with Gasteiger partial charge in [-0.1, -0.05) is 35.3 Å². The number of nitrogens with zero attached hydrogens (tertiary/aromatic N) is 2. The first-order valence-corrected chi connectivity index (χ1v) is 8.04. The number of ether oxygens (including phenoxy) is 1. The second-order valence-corrected chi connectivity index (χ2v) is 5.87. The predicted octanol–water partition coefficient (Wildman–Crippen LogP) is 4.80. The first kappa shape index (κ1) is 17.2. The van der Waals surface area contributed by atoms with Crippen LogP contribution in [0.5, 0.6) is 0 Å². The van der Waals surface area contributed by atoms with E-state index >= 15 is 0 Å². The number of halogens is 2. The van der Waals surface area contributed by atoms with E-state index in [-0.39, 0.29) is 12.5 Å². The van der Waals surface area contributed by atoms with E-state index in [9.17, 15) is 4.79 Å². The molecule has 126 valence electrons. The van der Waals surface area contributed by atoms with Gasteiger partial charge in [0, 0.05) is 21.7 Å². The highest BCUT2D eigenvalue weighted by Gasteiger charge is 2.10. The Hall–Kier alpha value is -2.63. The second-order valence-electron chi connectivity index (χ2n) is 5.00. The molecule has 1 aromatic heterocycles. The third-order valence-electron chi connectivity index (χ3n) is 3.18. The highest BCUT2D eigenvalue weighted by atomic mass is 35.5. The molecule has 0 atom stereocenters. The van der Waals surface area contributed by atoms with Gasteiger partial charge in [0.25, 0.3) is 5.89 Å². The SMILES string of the molecule is O=C(/C=C/c1ccc(Cl)cc1)OCc1nnc(-c2ccc(Cl)cc2)o1. The Balaban J connectivity index is 1.55. The minimum absolute atomic E-state index is 0.107. The van der Waals surface area contributed by atoms with Crippen molar-refractivity contribution < 1.29 is 13.9 Å². The van der Waals surface area contributed by atoms with E-state index in [1.807, 2.05) is 0 Å². The Bertz CT molecular complexity index is 887. The number of aromatic nitrogens is 2. The van der Waals surface area contributed by atoms with Gasteiger partial charge in [-0.3, -0.25) is 0 Å². The quantitative estimate of drug-likeness (QED) is 0.473. The first-order valence-electron chi connectivity index (χ1n) is 7.29. The first-order chi connectivity index (χ1) is 12.1. The number of rotatable bonds is 5. The van der Waals surface area contributed by atoms with Crippen molar-refractivity contribution in [1.29, 1.82) is 0 Å². The van der Waals surface area contributed by atoms with Crippen LogP contribution in [0.4, 0.5) is 0 Å². The zero-order chi connectivity index (χ0) is 17.6. The molecule has 0 bridgehead atoms. The average Bonchev–Trinajstić information content (AvgIpc) is 3.09. The average molecular weight is 375 g/mol. The third-order valence-corrected chi connectivity index (χ3v) is 3.68. The maximum Gasteiger partial charge on any atom is 0.331 e. The van der Waals surface area contributed by atoms with Crippen LogP contribution in [0.25, 0.3) is 17.5 Å². The maximum absolute atomic E-state index is 11.7. The zero-order valence-corrected chi connectivity index (χ0v) is 14.4. The summed E-state index contributed by atoms with van der Waals surface area (Å²) in [6.45, 7) is -0.107. The number of esters is 1. The van der Waals surface area contributed by atoms with Crippen LogP contribution in [0.2, 0.25) is 10.0 Å². The minimum Gasteiger partial charge on any atom is -0.452 e. The summed E-state index contributed by atoms with van der Waals surface area (Å²) in [6, 6.07) is 14.0. The van der Waals surface area contributed by atoms with Gasteiger partial charge in [0.1, 0.15) is 0 Å². The molecule has 0 N–H and O–H groups in total. The molecule has 1 heterocycles. The standard InChI is InChI=1S/C18H12Cl2N2O3/c19-14-6-1-12(2-7-14)3-10-17(23)24-11-16-21-22-18(25-16)13-4-8-15(20)9-5-13/h1-10H,11H2/b10-3+. The summed E-state index contributed by atoms with van der Waals surface area (Å²) in [4.78, 5) is 11.7. The summed E-state index contributed by atoms with van der Waals surface area (Å²) >= 11 is 11.6. The maximum atomic E-state index is 11.7. The summed E-state index contributed by atoms with van der Waals surface area (Å²) in [5.41, 5.74) is 1.57. The molecule has 3 rings (SSSR count). The van der Waals surface area contributed by atoms with Crippen LogP contribution in [-0.2, 0) is 16.1 Å². The summed E-state index contributed by atoms with van der Waals surface area (Å²) < 4.78 is 10.5. The molecular formula is C18H12Cl2N2O3. The fourth-order valence-corrected chi connectivity index (χ4v) is 2.19. The Morgan fingerprint density at radius 2 is 1.64 bits per heavy atom. The molecule has 0 aliphatic rings. The normalized spacial score (nSPS) is 11.0. The number of carbonyl (C=O) groups excluding carboxylic acids is 1. The molecule has 2 aromatic carbocycles. The van der Waals surface area contributed by atoms with Crippen molar-refractivity contribution in [1.82, 2.24) is 10.2 Å². The highest BCUT2D eigenvalue weighted by Crippen LogP contribution is 2.20. The Labute approximate surface area is 153 Å². The third kappa shape index (κ3) is 4.92. The Morgan fingerprint density at radius 3 is 2.32 bits per heavy atom. The topological polar surface area (TPSA) is 65.2 Å². The zero-order valence-electron chi connectivity index (χ0n) is 12.9. The summed E-state index contributed by atoms with van der Waals surface area (Å²) in [5, 5.41) is 9.01. The van der Waals surface area contributed by atoms with E-state index in [4.69, 9.17) is 32.4 Å². The van der Waals surface area contributed by atoms with E-state index in [1.165, 1.54) is 6.08 Å². The van der Waals surface area contributed by atoms with Gasteiger partial charge in [-0.25, -0.2) is 4.79 Å². The van der Waals surface area contributed by atoms with Crippen molar-refractivity contribution in [3.63, 3.8) is 0 Å². The minimum atomic E-state index is -0.513. The van der Waals surface area contributed by atoms with Gasteiger partial charge in [-0.05, 0) is 48.0 Å². The number of hydrogen-bond donors (Lipinski definition) is 0. The molecule has 7 heteroatoms. The molecule has 0 saturated heterocycles. The van der Waals surface area contributed by atoms with Crippen LogP contribution in [-0.4, -0.2) is 16.2 Å². The van der Waals surface area contributed by atoms with E-state index in [2.05, 4.69) is 10.2 Å². The van der Waals surface area contributed by atoms with Crippen molar-refractivity contribution in [2.75, 3.05) is 0 Å². The van der Waals surface area contributed by atoms with Crippen molar-refractivity contribution in [2.45, 2.75) is 6.61 Å². The van der Waals surface area contributed by atoms with Crippen molar-refractivity contribution in [3.05, 3.63) is 76.1 Å². The molecule has 5 nitrogen and oxygen atoms in total. The molecular weight excluding hydrogens is 363 g/mol. The van der Waals surface area contributed by atoms with Gasteiger partial charge < -0.3 is 9.15 Å². The van der Waals surface area contributed by atoms with Crippen LogP contribution in [0.15, 0.2) is 59.0 Å². The van der Waals surface area contributed by atoms with Gasteiger partial charge >= 0.3 is 5.97 Å². The summed E-state index contributed by atoms with van der Waals surface area (Å²) in [7, 11) is 0. The van der Waals surface area contributed by atoms with E-state index < -0.39 is 5.97 Å².